The minimum atomic E-state index is 0.617. The Labute approximate surface area is 110 Å². The highest BCUT2D eigenvalue weighted by Crippen LogP contribution is 2.19. The van der Waals surface area contributed by atoms with Gasteiger partial charge >= 0.3 is 0 Å². The molecule has 0 aliphatic carbocycles. The summed E-state index contributed by atoms with van der Waals surface area (Å²) in [6.07, 6.45) is 6.22. The molecule has 1 N–H and O–H groups in total. The molecule has 1 fully saturated rings. The Kier molecular flexibility index (Phi) is 4.66. The minimum Gasteiger partial charge on any atom is -0.314 e. The first-order valence-corrected chi connectivity index (χ1v) is 6.94. The highest BCUT2D eigenvalue weighted by atomic mass is 15.2. The lowest BCUT2D eigenvalue weighted by Crippen LogP contribution is -2.47. The van der Waals surface area contributed by atoms with Crippen LogP contribution in [0.3, 0.4) is 0 Å². The van der Waals surface area contributed by atoms with Crippen molar-refractivity contribution in [2.24, 2.45) is 0 Å². The molecule has 1 aromatic heterocycles. The first kappa shape index (κ1) is 13.4. The molecule has 2 heterocycles. The standard InChI is InChI=1S/C14H24N4/c1-4-15-13-5-6-18(12(3)7-13)10-14-9-16-11(2)8-17-14/h8-9,12-13,15H,4-7,10H2,1-3H3. The van der Waals surface area contributed by atoms with Gasteiger partial charge in [0.15, 0.2) is 0 Å². The molecule has 0 spiro atoms. The third-order valence-corrected chi connectivity index (χ3v) is 3.71. The van der Waals surface area contributed by atoms with E-state index < -0.39 is 0 Å². The molecule has 1 aromatic rings. The van der Waals surface area contributed by atoms with Crippen LogP contribution in [-0.2, 0) is 6.54 Å². The monoisotopic (exact) mass is 248 g/mol. The molecule has 18 heavy (non-hydrogen) atoms. The summed E-state index contributed by atoms with van der Waals surface area (Å²) < 4.78 is 0. The molecule has 0 bridgehead atoms. The molecular formula is C14H24N4. The maximum atomic E-state index is 4.44. The van der Waals surface area contributed by atoms with E-state index in [2.05, 4.69) is 34.0 Å². The Morgan fingerprint density at radius 1 is 1.39 bits per heavy atom. The summed E-state index contributed by atoms with van der Waals surface area (Å²) in [7, 11) is 0. The van der Waals surface area contributed by atoms with E-state index in [4.69, 9.17) is 0 Å². The summed E-state index contributed by atoms with van der Waals surface area (Å²) in [6.45, 7) is 9.61. The van der Waals surface area contributed by atoms with E-state index >= 15 is 0 Å². The van der Waals surface area contributed by atoms with Crippen LogP contribution in [0.2, 0.25) is 0 Å². The van der Waals surface area contributed by atoms with Gasteiger partial charge in [-0.05, 0) is 33.2 Å². The number of likely N-dealkylation sites (tertiary alicyclic amines) is 1. The van der Waals surface area contributed by atoms with Crippen LogP contribution in [-0.4, -0.2) is 40.0 Å². The molecule has 1 saturated heterocycles. The maximum absolute atomic E-state index is 4.44. The summed E-state index contributed by atoms with van der Waals surface area (Å²) in [5.74, 6) is 0. The van der Waals surface area contributed by atoms with Crippen LogP contribution in [0, 0.1) is 6.92 Å². The Balaban J connectivity index is 1.89. The number of aromatic nitrogens is 2. The van der Waals surface area contributed by atoms with E-state index in [1.165, 1.54) is 12.8 Å². The normalized spacial score (nSPS) is 25.3. The fourth-order valence-corrected chi connectivity index (χ4v) is 2.64. The molecule has 0 saturated carbocycles. The molecule has 0 aromatic carbocycles. The Bertz CT molecular complexity index is 363. The van der Waals surface area contributed by atoms with Crippen molar-refractivity contribution < 1.29 is 0 Å². The van der Waals surface area contributed by atoms with Gasteiger partial charge in [0.2, 0.25) is 0 Å². The van der Waals surface area contributed by atoms with Gasteiger partial charge in [0.1, 0.15) is 0 Å². The minimum absolute atomic E-state index is 0.617. The SMILES string of the molecule is CCNC1CCN(Cc2cnc(C)cn2)C(C)C1. The van der Waals surface area contributed by atoms with Crippen molar-refractivity contribution in [1.29, 1.82) is 0 Å². The fraction of sp³-hybridized carbons (Fsp3) is 0.714. The molecule has 2 atom stereocenters. The second-order valence-corrected chi connectivity index (χ2v) is 5.25. The zero-order valence-corrected chi connectivity index (χ0v) is 11.7. The van der Waals surface area contributed by atoms with Gasteiger partial charge in [0, 0.05) is 37.6 Å². The lowest BCUT2D eigenvalue weighted by molar-refractivity contribution is 0.127. The number of hydrogen-bond donors (Lipinski definition) is 1. The zero-order chi connectivity index (χ0) is 13.0. The van der Waals surface area contributed by atoms with Crippen LogP contribution in [0.4, 0.5) is 0 Å². The van der Waals surface area contributed by atoms with Gasteiger partial charge in [0.05, 0.1) is 11.4 Å². The summed E-state index contributed by atoms with van der Waals surface area (Å²) in [6, 6.07) is 1.30. The highest BCUT2D eigenvalue weighted by Gasteiger charge is 2.24. The van der Waals surface area contributed by atoms with E-state index in [-0.39, 0.29) is 0 Å². The summed E-state index contributed by atoms with van der Waals surface area (Å²) in [5, 5.41) is 3.55. The zero-order valence-electron chi connectivity index (χ0n) is 11.7. The first-order valence-electron chi connectivity index (χ1n) is 6.94. The van der Waals surface area contributed by atoms with Crippen molar-refractivity contribution in [3.63, 3.8) is 0 Å². The van der Waals surface area contributed by atoms with E-state index in [1.54, 1.807) is 0 Å². The van der Waals surface area contributed by atoms with Gasteiger partial charge < -0.3 is 5.32 Å². The van der Waals surface area contributed by atoms with Crippen molar-refractivity contribution in [2.45, 2.75) is 52.2 Å². The lowest BCUT2D eigenvalue weighted by atomic mass is 9.98. The Morgan fingerprint density at radius 3 is 2.83 bits per heavy atom. The van der Waals surface area contributed by atoms with Crippen LogP contribution >= 0.6 is 0 Å². The topological polar surface area (TPSA) is 41.0 Å². The lowest BCUT2D eigenvalue weighted by Gasteiger charge is -2.37. The molecule has 0 radical (unpaired) electrons. The summed E-state index contributed by atoms with van der Waals surface area (Å²) in [5.41, 5.74) is 2.06. The van der Waals surface area contributed by atoms with E-state index in [1.807, 2.05) is 19.3 Å². The van der Waals surface area contributed by atoms with Gasteiger partial charge in [-0.15, -0.1) is 0 Å². The highest BCUT2D eigenvalue weighted by molar-refractivity contribution is 5.01. The second-order valence-electron chi connectivity index (χ2n) is 5.25. The van der Waals surface area contributed by atoms with Crippen molar-refractivity contribution >= 4 is 0 Å². The molecule has 1 aliphatic heterocycles. The molecule has 1 aliphatic rings. The van der Waals surface area contributed by atoms with E-state index in [0.717, 1.165) is 31.0 Å². The smallest absolute Gasteiger partial charge is 0.0727 e. The van der Waals surface area contributed by atoms with Gasteiger partial charge in [-0.2, -0.15) is 0 Å². The maximum Gasteiger partial charge on any atom is 0.0727 e. The van der Waals surface area contributed by atoms with Crippen LogP contribution in [0.15, 0.2) is 12.4 Å². The van der Waals surface area contributed by atoms with Crippen molar-refractivity contribution in [3.8, 4) is 0 Å². The van der Waals surface area contributed by atoms with Crippen molar-refractivity contribution in [1.82, 2.24) is 20.2 Å². The predicted molar refractivity (Wildman–Crippen MR) is 73.3 cm³/mol. The average Bonchev–Trinajstić information content (AvgIpc) is 2.36. The van der Waals surface area contributed by atoms with Gasteiger partial charge in [-0.25, -0.2) is 0 Å². The summed E-state index contributed by atoms with van der Waals surface area (Å²) >= 11 is 0. The second kappa shape index (κ2) is 6.25. The third kappa shape index (κ3) is 3.50. The molecule has 100 valence electrons. The van der Waals surface area contributed by atoms with Crippen molar-refractivity contribution in [3.05, 3.63) is 23.8 Å². The number of nitrogens with zero attached hydrogens (tertiary/aromatic N) is 3. The van der Waals surface area contributed by atoms with E-state index in [0.29, 0.717) is 12.1 Å². The number of piperidine rings is 1. The van der Waals surface area contributed by atoms with Crippen molar-refractivity contribution in [2.75, 3.05) is 13.1 Å². The Hall–Kier alpha value is -1.00. The van der Waals surface area contributed by atoms with Crippen LogP contribution < -0.4 is 5.32 Å². The number of hydrogen-bond acceptors (Lipinski definition) is 4. The van der Waals surface area contributed by atoms with E-state index in [9.17, 15) is 0 Å². The largest absolute Gasteiger partial charge is 0.314 e. The Morgan fingerprint density at radius 2 is 2.22 bits per heavy atom. The van der Waals surface area contributed by atoms with Crippen LogP contribution in [0.25, 0.3) is 0 Å². The summed E-state index contributed by atoms with van der Waals surface area (Å²) in [4.78, 5) is 11.3. The molecule has 2 unspecified atom stereocenters. The molecule has 2 rings (SSSR count). The third-order valence-electron chi connectivity index (χ3n) is 3.71. The molecule has 0 amide bonds. The fourth-order valence-electron chi connectivity index (χ4n) is 2.64. The molecule has 4 nitrogen and oxygen atoms in total. The number of aryl methyl sites for hydroxylation is 1. The number of rotatable bonds is 4. The molecular weight excluding hydrogens is 224 g/mol. The first-order chi connectivity index (χ1) is 8.69. The van der Waals surface area contributed by atoms with Crippen LogP contribution in [0.1, 0.15) is 38.1 Å². The van der Waals surface area contributed by atoms with Gasteiger partial charge in [0.25, 0.3) is 0 Å². The quantitative estimate of drug-likeness (QED) is 0.881. The number of nitrogens with one attached hydrogen (secondary N) is 1. The predicted octanol–water partition coefficient (Wildman–Crippen LogP) is 1.75. The molecule has 4 heteroatoms. The van der Waals surface area contributed by atoms with Gasteiger partial charge in [-0.3, -0.25) is 14.9 Å². The van der Waals surface area contributed by atoms with Crippen LogP contribution in [0.5, 0.6) is 0 Å². The van der Waals surface area contributed by atoms with Gasteiger partial charge in [-0.1, -0.05) is 6.92 Å². The average molecular weight is 248 g/mol.